The topological polar surface area (TPSA) is 75.7 Å². The third-order valence-corrected chi connectivity index (χ3v) is 6.00. The number of carbonyl (C=O) groups excluding carboxylic acids is 1. The molecule has 8 heteroatoms. The highest BCUT2D eigenvalue weighted by Gasteiger charge is 2.36. The van der Waals surface area contributed by atoms with Crippen LogP contribution >= 0.6 is 11.6 Å². The molecule has 1 atom stereocenters. The summed E-state index contributed by atoms with van der Waals surface area (Å²) < 4.78 is 31.9. The van der Waals surface area contributed by atoms with Crippen LogP contribution in [0.4, 0.5) is 11.4 Å². The first kappa shape index (κ1) is 20.5. The molecule has 28 heavy (non-hydrogen) atoms. The van der Waals surface area contributed by atoms with Gasteiger partial charge in [0.1, 0.15) is 5.75 Å². The van der Waals surface area contributed by atoms with E-state index in [0.717, 1.165) is 11.8 Å². The van der Waals surface area contributed by atoms with Crippen molar-refractivity contribution >= 4 is 38.9 Å². The van der Waals surface area contributed by atoms with Gasteiger partial charge >= 0.3 is 0 Å². The van der Waals surface area contributed by atoms with Crippen LogP contribution in [0.1, 0.15) is 26.3 Å². The monoisotopic (exact) mass is 422 g/mol. The second kappa shape index (κ2) is 7.29. The van der Waals surface area contributed by atoms with Crippen molar-refractivity contribution in [2.75, 3.05) is 22.4 Å². The fourth-order valence-corrected chi connectivity index (χ4v) is 4.03. The molecular formula is C20H23ClN2O4S. The van der Waals surface area contributed by atoms with Gasteiger partial charge in [-0.25, -0.2) is 8.42 Å². The van der Waals surface area contributed by atoms with E-state index in [2.05, 4.69) is 5.32 Å². The number of halogens is 1. The Morgan fingerprint density at radius 1 is 1.21 bits per heavy atom. The highest BCUT2D eigenvalue weighted by molar-refractivity contribution is 7.92. The number of nitrogens with zero attached hydrogens (tertiary/aromatic N) is 1. The Morgan fingerprint density at radius 2 is 1.89 bits per heavy atom. The lowest BCUT2D eigenvalue weighted by molar-refractivity contribution is -0.122. The molecule has 1 unspecified atom stereocenters. The molecule has 0 fully saturated rings. The molecule has 3 rings (SSSR count). The van der Waals surface area contributed by atoms with E-state index in [4.69, 9.17) is 16.3 Å². The van der Waals surface area contributed by atoms with Crippen LogP contribution in [0, 0.1) is 0 Å². The number of ether oxygens (including phenoxy) is 1. The van der Waals surface area contributed by atoms with Gasteiger partial charge in [-0.05, 0) is 35.2 Å². The van der Waals surface area contributed by atoms with Crippen molar-refractivity contribution in [1.29, 1.82) is 0 Å². The van der Waals surface area contributed by atoms with Crippen LogP contribution in [0.25, 0.3) is 0 Å². The minimum Gasteiger partial charge on any atom is -0.476 e. The van der Waals surface area contributed by atoms with E-state index < -0.39 is 22.0 Å². The number of amides is 1. The summed E-state index contributed by atoms with van der Waals surface area (Å²) in [7, 11) is -3.60. The van der Waals surface area contributed by atoms with Crippen LogP contribution in [0.3, 0.4) is 0 Å². The number of nitrogens with one attached hydrogen (secondary N) is 1. The maximum Gasteiger partial charge on any atom is 0.267 e. The lowest BCUT2D eigenvalue weighted by Crippen LogP contribution is -2.48. The molecule has 1 amide bonds. The van der Waals surface area contributed by atoms with Crippen molar-refractivity contribution in [1.82, 2.24) is 0 Å². The lowest BCUT2D eigenvalue weighted by atomic mass is 9.86. The van der Waals surface area contributed by atoms with Crippen molar-refractivity contribution in [3.05, 3.63) is 53.1 Å². The van der Waals surface area contributed by atoms with E-state index in [1.807, 2.05) is 26.8 Å². The number of fused-ring (bicyclic) bond motifs is 1. The number of anilines is 2. The predicted octanol–water partition coefficient (Wildman–Crippen LogP) is 3.80. The average Bonchev–Trinajstić information content (AvgIpc) is 2.60. The zero-order valence-corrected chi connectivity index (χ0v) is 17.8. The van der Waals surface area contributed by atoms with Gasteiger partial charge in [0.15, 0.2) is 6.10 Å². The van der Waals surface area contributed by atoms with Gasteiger partial charge in [0, 0.05) is 0 Å². The summed E-state index contributed by atoms with van der Waals surface area (Å²) in [5.74, 6) is -0.115. The fourth-order valence-electron chi connectivity index (χ4n) is 2.94. The van der Waals surface area contributed by atoms with Crippen molar-refractivity contribution in [3.63, 3.8) is 0 Å². The van der Waals surface area contributed by atoms with Crippen LogP contribution < -0.4 is 14.4 Å². The van der Waals surface area contributed by atoms with Crippen LogP contribution in [-0.4, -0.2) is 33.2 Å². The van der Waals surface area contributed by atoms with Crippen LogP contribution in [0.5, 0.6) is 5.75 Å². The number of rotatable bonds is 3. The Hall–Kier alpha value is -2.25. The second-order valence-corrected chi connectivity index (χ2v) is 10.1. The molecule has 2 aromatic rings. The van der Waals surface area contributed by atoms with Crippen LogP contribution in [-0.2, 0) is 20.2 Å². The molecule has 0 aliphatic carbocycles. The Morgan fingerprint density at radius 3 is 2.50 bits per heavy atom. The molecular weight excluding hydrogens is 400 g/mol. The Kier molecular flexibility index (Phi) is 5.34. The third-order valence-electron chi connectivity index (χ3n) is 4.52. The van der Waals surface area contributed by atoms with Crippen molar-refractivity contribution in [2.24, 2.45) is 0 Å². The molecule has 6 nitrogen and oxygen atoms in total. The molecule has 0 aromatic heterocycles. The Balaban J connectivity index is 1.94. The van der Waals surface area contributed by atoms with Gasteiger partial charge < -0.3 is 10.1 Å². The molecule has 0 saturated carbocycles. The van der Waals surface area contributed by atoms with Gasteiger partial charge in [0.25, 0.3) is 5.91 Å². The number of benzene rings is 2. The maximum absolute atomic E-state index is 12.7. The summed E-state index contributed by atoms with van der Waals surface area (Å²) in [6.45, 7) is 6.02. The number of para-hydroxylation sites is 1. The minimum atomic E-state index is -3.60. The van der Waals surface area contributed by atoms with E-state index in [9.17, 15) is 13.2 Å². The summed E-state index contributed by atoms with van der Waals surface area (Å²) in [4.78, 5) is 12.7. The zero-order valence-electron chi connectivity index (χ0n) is 16.2. The molecule has 0 spiro atoms. The van der Waals surface area contributed by atoms with E-state index in [1.54, 1.807) is 36.4 Å². The zero-order chi connectivity index (χ0) is 20.7. The largest absolute Gasteiger partial charge is 0.476 e. The number of sulfonamides is 1. The Labute approximate surface area is 170 Å². The number of hydrogen-bond acceptors (Lipinski definition) is 4. The summed E-state index contributed by atoms with van der Waals surface area (Å²) in [5, 5.41) is 3.09. The molecule has 150 valence electrons. The summed E-state index contributed by atoms with van der Waals surface area (Å²) in [6, 6.07) is 12.2. The van der Waals surface area contributed by atoms with Gasteiger partial charge in [-0.3, -0.25) is 9.10 Å². The summed E-state index contributed by atoms with van der Waals surface area (Å²) in [5.41, 5.74) is 1.70. The molecule has 2 aromatic carbocycles. The van der Waals surface area contributed by atoms with Crippen LogP contribution in [0.15, 0.2) is 42.5 Å². The van der Waals surface area contributed by atoms with Crippen molar-refractivity contribution < 1.29 is 17.9 Å². The maximum atomic E-state index is 12.7. The minimum absolute atomic E-state index is 0.115. The summed E-state index contributed by atoms with van der Waals surface area (Å²) in [6.07, 6.45) is 0.119. The molecule has 0 saturated heterocycles. The average molecular weight is 423 g/mol. The first-order valence-electron chi connectivity index (χ1n) is 8.81. The summed E-state index contributed by atoms with van der Waals surface area (Å²) >= 11 is 6.09. The molecule has 1 aliphatic heterocycles. The van der Waals surface area contributed by atoms with Crippen LogP contribution in [0.2, 0.25) is 5.02 Å². The van der Waals surface area contributed by atoms with E-state index in [0.29, 0.717) is 22.1 Å². The quantitative estimate of drug-likeness (QED) is 0.816. The van der Waals surface area contributed by atoms with Gasteiger partial charge in [0.2, 0.25) is 10.0 Å². The highest BCUT2D eigenvalue weighted by atomic mass is 35.5. The van der Waals surface area contributed by atoms with E-state index in [1.165, 1.54) is 4.31 Å². The predicted molar refractivity (Wildman–Crippen MR) is 112 cm³/mol. The van der Waals surface area contributed by atoms with E-state index in [-0.39, 0.29) is 12.0 Å². The molecule has 0 bridgehead atoms. The van der Waals surface area contributed by atoms with Gasteiger partial charge in [-0.15, -0.1) is 0 Å². The smallest absolute Gasteiger partial charge is 0.267 e. The normalized spacial score (nSPS) is 16.9. The molecule has 1 aliphatic rings. The SMILES string of the molecule is CC(C)(C)c1ccc2c(c1)N(S(C)(=O)=O)CC(C(=O)Nc1ccccc1Cl)O2. The Bertz CT molecular complexity index is 1020. The standard InChI is InChI=1S/C20H23ClN2O4S/c1-20(2,3)13-9-10-17-16(11-13)23(28(4,25)26)12-18(27-17)19(24)22-15-8-6-5-7-14(15)21/h5-11,18H,12H2,1-4H3,(H,22,24). The highest BCUT2D eigenvalue weighted by Crippen LogP contribution is 2.38. The van der Waals surface area contributed by atoms with Gasteiger partial charge in [-0.1, -0.05) is 50.6 Å². The van der Waals surface area contributed by atoms with Crippen molar-refractivity contribution in [2.45, 2.75) is 32.3 Å². The first-order chi connectivity index (χ1) is 13.0. The van der Waals surface area contributed by atoms with Crippen molar-refractivity contribution in [3.8, 4) is 5.75 Å². The molecule has 1 N–H and O–H groups in total. The van der Waals surface area contributed by atoms with E-state index >= 15 is 0 Å². The van der Waals surface area contributed by atoms with Gasteiger partial charge in [0.05, 0.1) is 29.2 Å². The van der Waals surface area contributed by atoms with Gasteiger partial charge in [-0.2, -0.15) is 0 Å². The second-order valence-electron chi connectivity index (χ2n) is 7.80. The fraction of sp³-hybridized carbons (Fsp3) is 0.350. The molecule has 0 radical (unpaired) electrons. The third kappa shape index (κ3) is 4.25. The molecule has 1 heterocycles. The lowest BCUT2D eigenvalue weighted by Gasteiger charge is -2.35. The number of hydrogen-bond donors (Lipinski definition) is 1. The first-order valence-corrected chi connectivity index (χ1v) is 11.0. The number of carbonyl (C=O) groups is 1.